The Morgan fingerprint density at radius 3 is 2.22 bits per heavy atom. The van der Waals surface area contributed by atoms with E-state index in [0.29, 0.717) is 16.3 Å². The Labute approximate surface area is 152 Å². The summed E-state index contributed by atoms with van der Waals surface area (Å²) < 4.78 is 0. The molecule has 8 heteroatoms. The standard InChI is InChI=1S/C19H11N3O5/c23-16-14(7-8-15(21-16)11-4-3-9-20-10-11)19(26)27-22-17(24)12-5-1-2-6-13(12)18(22)25/h1-10H,(H,21,23). The number of carbonyl (C=O) groups is 3. The summed E-state index contributed by atoms with van der Waals surface area (Å²) in [6.07, 6.45) is 3.15. The van der Waals surface area contributed by atoms with Crippen LogP contribution in [0.5, 0.6) is 0 Å². The van der Waals surface area contributed by atoms with Gasteiger partial charge in [-0.1, -0.05) is 17.2 Å². The number of H-pyrrole nitrogens is 1. The lowest BCUT2D eigenvalue weighted by Crippen LogP contribution is -2.34. The maximum Gasteiger partial charge on any atom is 0.369 e. The zero-order valence-electron chi connectivity index (χ0n) is 13.7. The lowest BCUT2D eigenvalue weighted by atomic mass is 10.1. The minimum absolute atomic E-state index is 0.135. The van der Waals surface area contributed by atoms with Crippen LogP contribution in [0.1, 0.15) is 31.1 Å². The van der Waals surface area contributed by atoms with E-state index in [1.165, 1.54) is 24.3 Å². The van der Waals surface area contributed by atoms with Gasteiger partial charge in [0.1, 0.15) is 5.56 Å². The average molecular weight is 361 g/mol. The van der Waals surface area contributed by atoms with E-state index in [4.69, 9.17) is 4.84 Å². The van der Waals surface area contributed by atoms with Crippen molar-refractivity contribution in [3.8, 4) is 11.3 Å². The summed E-state index contributed by atoms with van der Waals surface area (Å²) >= 11 is 0. The monoisotopic (exact) mass is 361 g/mol. The molecule has 27 heavy (non-hydrogen) atoms. The second-order valence-corrected chi connectivity index (χ2v) is 5.69. The minimum Gasteiger partial charge on any atom is -0.324 e. The number of nitrogens with one attached hydrogen (secondary N) is 1. The van der Waals surface area contributed by atoms with Crippen LogP contribution in [0.15, 0.2) is 65.7 Å². The average Bonchev–Trinajstić information content (AvgIpc) is 2.93. The molecule has 0 atom stereocenters. The number of hydrogen-bond donors (Lipinski definition) is 1. The van der Waals surface area contributed by atoms with Gasteiger partial charge in [0.15, 0.2) is 0 Å². The molecule has 132 valence electrons. The van der Waals surface area contributed by atoms with E-state index in [1.807, 2.05) is 0 Å². The van der Waals surface area contributed by atoms with Crippen molar-refractivity contribution in [1.82, 2.24) is 15.0 Å². The van der Waals surface area contributed by atoms with Crippen molar-refractivity contribution in [1.29, 1.82) is 0 Å². The molecule has 1 aliphatic rings. The van der Waals surface area contributed by atoms with Gasteiger partial charge in [-0.25, -0.2) is 4.79 Å². The molecule has 3 heterocycles. The molecule has 0 aliphatic carbocycles. The SMILES string of the molecule is O=C(ON1C(=O)c2ccccc2C1=O)c1ccc(-c2cccnc2)[nH]c1=O. The molecule has 0 unspecified atom stereocenters. The van der Waals surface area contributed by atoms with Crippen molar-refractivity contribution in [2.24, 2.45) is 0 Å². The number of imide groups is 1. The number of hydrogen-bond acceptors (Lipinski definition) is 6. The third-order valence-electron chi connectivity index (χ3n) is 4.03. The summed E-state index contributed by atoms with van der Waals surface area (Å²) in [6.45, 7) is 0. The van der Waals surface area contributed by atoms with Gasteiger partial charge in [0, 0.05) is 23.7 Å². The lowest BCUT2D eigenvalue weighted by molar-refractivity contribution is -0.0585. The highest BCUT2D eigenvalue weighted by atomic mass is 16.7. The molecule has 2 amide bonds. The van der Waals surface area contributed by atoms with E-state index < -0.39 is 23.3 Å². The fraction of sp³-hybridized carbons (Fsp3) is 0. The number of nitrogens with zero attached hydrogens (tertiary/aromatic N) is 2. The van der Waals surface area contributed by atoms with Crippen LogP contribution in [-0.4, -0.2) is 32.8 Å². The van der Waals surface area contributed by atoms with Crippen molar-refractivity contribution in [3.63, 3.8) is 0 Å². The number of aromatic amines is 1. The minimum atomic E-state index is -1.11. The van der Waals surface area contributed by atoms with Crippen LogP contribution in [0.2, 0.25) is 0 Å². The van der Waals surface area contributed by atoms with E-state index in [9.17, 15) is 19.2 Å². The van der Waals surface area contributed by atoms with Crippen LogP contribution in [0.3, 0.4) is 0 Å². The number of amides is 2. The van der Waals surface area contributed by atoms with E-state index in [1.54, 1.807) is 36.7 Å². The number of fused-ring (bicyclic) bond motifs is 1. The van der Waals surface area contributed by atoms with Crippen LogP contribution in [0.25, 0.3) is 11.3 Å². The summed E-state index contributed by atoms with van der Waals surface area (Å²) in [5.41, 5.74) is 0.352. The molecule has 0 saturated heterocycles. The highest BCUT2D eigenvalue weighted by Crippen LogP contribution is 2.23. The van der Waals surface area contributed by atoms with Gasteiger partial charge >= 0.3 is 5.97 Å². The van der Waals surface area contributed by atoms with Crippen LogP contribution in [-0.2, 0) is 4.84 Å². The molecule has 1 aliphatic heterocycles. The van der Waals surface area contributed by atoms with Gasteiger partial charge < -0.3 is 9.82 Å². The van der Waals surface area contributed by atoms with Gasteiger partial charge in [-0.2, -0.15) is 0 Å². The third kappa shape index (κ3) is 2.78. The Hall–Kier alpha value is -4.07. The molecular formula is C19H11N3O5. The first-order chi connectivity index (χ1) is 13.1. The van der Waals surface area contributed by atoms with Crippen molar-refractivity contribution in [3.05, 3.63) is 88.0 Å². The molecule has 4 rings (SSSR count). The van der Waals surface area contributed by atoms with Gasteiger partial charge in [0.2, 0.25) is 0 Å². The van der Waals surface area contributed by atoms with Gasteiger partial charge in [0.25, 0.3) is 17.4 Å². The molecular weight excluding hydrogens is 350 g/mol. The van der Waals surface area contributed by atoms with E-state index in [-0.39, 0.29) is 16.7 Å². The molecule has 0 saturated carbocycles. The molecule has 8 nitrogen and oxygen atoms in total. The number of rotatable bonds is 3. The molecule has 2 aromatic heterocycles. The molecule has 1 N–H and O–H groups in total. The van der Waals surface area contributed by atoms with Crippen LogP contribution < -0.4 is 5.56 Å². The fourth-order valence-electron chi connectivity index (χ4n) is 2.71. The number of pyridine rings is 2. The molecule has 0 bridgehead atoms. The van der Waals surface area contributed by atoms with Crippen molar-refractivity contribution >= 4 is 17.8 Å². The first-order valence-corrected chi connectivity index (χ1v) is 7.90. The Balaban J connectivity index is 1.59. The van der Waals surface area contributed by atoms with E-state index in [2.05, 4.69) is 9.97 Å². The zero-order valence-corrected chi connectivity index (χ0v) is 13.7. The van der Waals surface area contributed by atoms with Crippen LogP contribution >= 0.6 is 0 Å². The Morgan fingerprint density at radius 2 is 1.63 bits per heavy atom. The van der Waals surface area contributed by atoms with Crippen molar-refractivity contribution in [2.45, 2.75) is 0 Å². The number of hydroxylamine groups is 2. The number of aromatic nitrogens is 2. The zero-order chi connectivity index (χ0) is 19.0. The largest absolute Gasteiger partial charge is 0.369 e. The van der Waals surface area contributed by atoms with Crippen LogP contribution in [0.4, 0.5) is 0 Å². The Morgan fingerprint density at radius 1 is 0.926 bits per heavy atom. The predicted octanol–water partition coefficient (Wildman–Crippen LogP) is 1.80. The second kappa shape index (κ2) is 6.34. The normalized spacial score (nSPS) is 12.8. The Kier molecular flexibility index (Phi) is 3.85. The lowest BCUT2D eigenvalue weighted by Gasteiger charge is -2.12. The van der Waals surface area contributed by atoms with Gasteiger partial charge in [0.05, 0.1) is 11.1 Å². The highest BCUT2D eigenvalue weighted by Gasteiger charge is 2.39. The molecule has 0 spiro atoms. The quantitative estimate of drug-likeness (QED) is 0.713. The van der Waals surface area contributed by atoms with Crippen molar-refractivity contribution in [2.75, 3.05) is 0 Å². The summed E-state index contributed by atoms with van der Waals surface area (Å²) in [6, 6.07) is 12.3. The second-order valence-electron chi connectivity index (χ2n) is 5.69. The first-order valence-electron chi connectivity index (χ1n) is 7.90. The fourth-order valence-corrected chi connectivity index (χ4v) is 2.71. The van der Waals surface area contributed by atoms with Gasteiger partial charge in [-0.3, -0.25) is 19.4 Å². The third-order valence-corrected chi connectivity index (χ3v) is 4.03. The summed E-state index contributed by atoms with van der Waals surface area (Å²) in [4.78, 5) is 60.4. The van der Waals surface area contributed by atoms with Crippen LogP contribution in [0, 0.1) is 0 Å². The molecule has 1 aromatic carbocycles. The maximum absolute atomic E-state index is 12.3. The van der Waals surface area contributed by atoms with E-state index in [0.717, 1.165) is 0 Å². The molecule has 3 aromatic rings. The summed E-state index contributed by atoms with van der Waals surface area (Å²) in [5.74, 6) is -2.62. The smallest absolute Gasteiger partial charge is 0.324 e. The maximum atomic E-state index is 12.3. The topological polar surface area (TPSA) is 109 Å². The Bertz CT molecular complexity index is 1100. The van der Waals surface area contributed by atoms with E-state index >= 15 is 0 Å². The predicted molar refractivity (Wildman–Crippen MR) is 92.7 cm³/mol. The molecule has 0 radical (unpaired) electrons. The van der Waals surface area contributed by atoms with Gasteiger partial charge in [-0.15, -0.1) is 0 Å². The first kappa shape index (κ1) is 16.4. The van der Waals surface area contributed by atoms with Crippen molar-refractivity contribution < 1.29 is 19.2 Å². The summed E-state index contributed by atoms with van der Waals surface area (Å²) in [7, 11) is 0. The molecule has 0 fully saturated rings. The summed E-state index contributed by atoms with van der Waals surface area (Å²) in [5, 5.41) is 0.363. The van der Waals surface area contributed by atoms with Gasteiger partial charge in [-0.05, 0) is 36.4 Å². The highest BCUT2D eigenvalue weighted by molar-refractivity contribution is 6.21. The number of carbonyl (C=O) groups excluding carboxylic acids is 3. The number of benzene rings is 1.